The fraction of sp³-hybridized carbons (Fsp3) is 0.333. The highest BCUT2D eigenvalue weighted by atomic mass is 16.4. The second kappa shape index (κ2) is 6.39. The van der Waals surface area contributed by atoms with Crippen molar-refractivity contribution in [3.8, 4) is 0 Å². The Kier molecular flexibility index (Phi) is 5.13. The molecule has 0 aliphatic carbocycles. The first-order chi connectivity index (χ1) is 8.86. The average molecular weight is 270 g/mol. The molecule has 1 rings (SSSR count). The Hall–Kier alpha value is -1.80. The van der Waals surface area contributed by atoms with Crippen LogP contribution in [0.5, 0.6) is 0 Å². The van der Waals surface area contributed by atoms with Crippen LogP contribution >= 0.6 is 0 Å². The molecular formula is C12H14O7. The molecule has 7 nitrogen and oxygen atoms in total. The van der Waals surface area contributed by atoms with Crippen molar-refractivity contribution in [2.75, 3.05) is 0 Å². The maximum absolute atomic E-state index is 11.7. The Morgan fingerprint density at radius 3 is 1.79 bits per heavy atom. The molecule has 0 aliphatic heterocycles. The van der Waals surface area contributed by atoms with Gasteiger partial charge < -0.3 is 25.5 Å². The predicted molar refractivity (Wildman–Crippen MR) is 62.4 cm³/mol. The zero-order valence-corrected chi connectivity index (χ0v) is 9.75. The van der Waals surface area contributed by atoms with E-state index in [0.717, 1.165) is 0 Å². The van der Waals surface area contributed by atoms with Gasteiger partial charge >= 0.3 is 5.97 Å². The van der Waals surface area contributed by atoms with Crippen molar-refractivity contribution in [1.29, 1.82) is 0 Å². The molecule has 0 saturated carbocycles. The topological polar surface area (TPSA) is 135 Å². The molecular weight excluding hydrogens is 256 g/mol. The zero-order valence-electron chi connectivity index (χ0n) is 9.75. The Morgan fingerprint density at radius 2 is 1.32 bits per heavy atom. The lowest BCUT2D eigenvalue weighted by Gasteiger charge is -2.23. The van der Waals surface area contributed by atoms with Crippen LogP contribution in [0.1, 0.15) is 10.4 Å². The number of carbonyl (C=O) groups is 2. The molecule has 1 aromatic carbocycles. The fourth-order valence-electron chi connectivity index (χ4n) is 1.45. The van der Waals surface area contributed by atoms with E-state index in [0.29, 0.717) is 0 Å². The summed E-state index contributed by atoms with van der Waals surface area (Å²) in [5.41, 5.74) is 0.0889. The zero-order chi connectivity index (χ0) is 14.6. The normalized spacial score (nSPS) is 17.3. The van der Waals surface area contributed by atoms with E-state index in [-0.39, 0.29) is 5.56 Å². The van der Waals surface area contributed by atoms with Crippen molar-refractivity contribution in [1.82, 2.24) is 0 Å². The van der Waals surface area contributed by atoms with Crippen molar-refractivity contribution in [3.05, 3.63) is 35.9 Å². The van der Waals surface area contributed by atoms with Gasteiger partial charge in [-0.15, -0.1) is 0 Å². The molecule has 4 atom stereocenters. The SMILES string of the molecule is O=C(O)C(O)C(O)C(O)C(O)C(=O)c1ccccc1. The number of aliphatic carboxylic acids is 1. The molecule has 0 heterocycles. The second-order valence-electron chi connectivity index (χ2n) is 3.94. The van der Waals surface area contributed by atoms with Crippen molar-refractivity contribution in [2.45, 2.75) is 24.4 Å². The van der Waals surface area contributed by atoms with Gasteiger partial charge in [-0.25, -0.2) is 4.79 Å². The molecule has 0 bridgehead atoms. The second-order valence-corrected chi connectivity index (χ2v) is 3.94. The monoisotopic (exact) mass is 270 g/mol. The largest absolute Gasteiger partial charge is 0.479 e. The molecule has 4 unspecified atom stereocenters. The summed E-state index contributed by atoms with van der Waals surface area (Å²) in [5, 5.41) is 45.9. The standard InChI is InChI=1S/C12H14O7/c13-7(6-4-2-1-3-5-6)8(14)9(15)10(16)11(17)12(18)19/h1-5,8-11,14-17H,(H,18,19). The fourth-order valence-corrected chi connectivity index (χ4v) is 1.45. The molecule has 0 saturated heterocycles. The number of rotatable bonds is 6. The number of ketones is 1. The lowest BCUT2D eigenvalue weighted by Crippen LogP contribution is -2.50. The van der Waals surface area contributed by atoms with Crippen LogP contribution in [-0.4, -0.2) is 61.7 Å². The smallest absolute Gasteiger partial charge is 0.335 e. The number of hydrogen-bond donors (Lipinski definition) is 5. The molecule has 0 aliphatic rings. The first-order valence-corrected chi connectivity index (χ1v) is 5.40. The molecule has 0 aromatic heterocycles. The molecule has 19 heavy (non-hydrogen) atoms. The number of carboxylic acid groups (broad SMARTS) is 1. The van der Waals surface area contributed by atoms with E-state index < -0.39 is 36.2 Å². The summed E-state index contributed by atoms with van der Waals surface area (Å²) in [7, 11) is 0. The summed E-state index contributed by atoms with van der Waals surface area (Å²) in [6.07, 6.45) is -8.63. The number of hydrogen-bond acceptors (Lipinski definition) is 6. The van der Waals surface area contributed by atoms with E-state index >= 15 is 0 Å². The first-order valence-electron chi connectivity index (χ1n) is 5.40. The molecule has 1 aromatic rings. The minimum Gasteiger partial charge on any atom is -0.479 e. The lowest BCUT2D eigenvalue weighted by molar-refractivity contribution is -0.161. The maximum Gasteiger partial charge on any atom is 0.335 e. The maximum atomic E-state index is 11.7. The molecule has 0 amide bonds. The Bertz CT molecular complexity index is 445. The van der Waals surface area contributed by atoms with Gasteiger partial charge in [0.25, 0.3) is 0 Å². The van der Waals surface area contributed by atoms with Crippen molar-refractivity contribution in [3.63, 3.8) is 0 Å². The van der Waals surface area contributed by atoms with E-state index in [1.165, 1.54) is 24.3 Å². The highest BCUT2D eigenvalue weighted by Gasteiger charge is 2.37. The number of aliphatic hydroxyl groups is 4. The summed E-state index contributed by atoms with van der Waals surface area (Å²) >= 11 is 0. The van der Waals surface area contributed by atoms with E-state index in [1.807, 2.05) is 0 Å². The van der Waals surface area contributed by atoms with Gasteiger partial charge in [0, 0.05) is 5.56 Å². The van der Waals surface area contributed by atoms with Gasteiger partial charge in [-0.3, -0.25) is 4.79 Å². The van der Waals surface area contributed by atoms with Gasteiger partial charge in [-0.2, -0.15) is 0 Å². The van der Waals surface area contributed by atoms with Crippen molar-refractivity contribution < 1.29 is 35.1 Å². The van der Waals surface area contributed by atoms with Crippen molar-refractivity contribution in [2.24, 2.45) is 0 Å². The predicted octanol–water partition coefficient (Wildman–Crippen LogP) is -1.60. The van der Waals surface area contributed by atoms with Gasteiger partial charge in [0.1, 0.15) is 18.3 Å². The minimum absolute atomic E-state index is 0.0889. The number of carboxylic acids is 1. The quantitative estimate of drug-likeness (QED) is 0.393. The molecule has 5 N–H and O–H groups in total. The number of aliphatic hydroxyl groups excluding tert-OH is 4. The average Bonchev–Trinajstić information content (AvgIpc) is 2.44. The molecule has 0 radical (unpaired) electrons. The van der Waals surface area contributed by atoms with Crippen LogP contribution in [-0.2, 0) is 4.79 Å². The first kappa shape index (κ1) is 15.3. The Labute approximate surface area is 108 Å². The van der Waals surface area contributed by atoms with Crippen molar-refractivity contribution >= 4 is 11.8 Å². The summed E-state index contributed by atoms with van der Waals surface area (Å²) in [6, 6.07) is 7.49. The third-order valence-electron chi connectivity index (χ3n) is 2.58. The molecule has 0 fully saturated rings. The van der Waals surface area contributed by atoms with Crippen LogP contribution in [0.2, 0.25) is 0 Å². The van der Waals surface area contributed by atoms with Crippen LogP contribution in [0.3, 0.4) is 0 Å². The summed E-state index contributed by atoms with van der Waals surface area (Å²) in [6.45, 7) is 0. The number of carbonyl (C=O) groups excluding carboxylic acids is 1. The molecule has 0 spiro atoms. The van der Waals surface area contributed by atoms with Crippen LogP contribution in [0, 0.1) is 0 Å². The Balaban J connectivity index is 2.80. The molecule has 104 valence electrons. The number of benzene rings is 1. The molecule has 7 heteroatoms. The third kappa shape index (κ3) is 3.58. The highest BCUT2D eigenvalue weighted by Crippen LogP contribution is 2.11. The van der Waals surface area contributed by atoms with Crippen LogP contribution < -0.4 is 0 Å². The van der Waals surface area contributed by atoms with Gasteiger partial charge in [0.15, 0.2) is 11.9 Å². The van der Waals surface area contributed by atoms with E-state index in [9.17, 15) is 24.9 Å². The third-order valence-corrected chi connectivity index (χ3v) is 2.58. The van der Waals surface area contributed by atoms with Gasteiger partial charge in [-0.1, -0.05) is 30.3 Å². The minimum atomic E-state index is -2.30. The van der Waals surface area contributed by atoms with E-state index in [2.05, 4.69) is 0 Å². The summed E-state index contributed by atoms with van der Waals surface area (Å²) in [5.74, 6) is -2.66. The lowest BCUT2D eigenvalue weighted by atomic mass is 9.96. The number of Topliss-reactive ketones (excluding diaryl/α,β-unsaturated/α-hetero) is 1. The van der Waals surface area contributed by atoms with Crippen LogP contribution in [0.4, 0.5) is 0 Å². The Morgan fingerprint density at radius 1 is 0.842 bits per heavy atom. The summed E-state index contributed by atoms with van der Waals surface area (Å²) in [4.78, 5) is 22.2. The van der Waals surface area contributed by atoms with Crippen LogP contribution in [0.15, 0.2) is 30.3 Å². The van der Waals surface area contributed by atoms with Gasteiger partial charge in [0.2, 0.25) is 0 Å². The van der Waals surface area contributed by atoms with Crippen LogP contribution in [0.25, 0.3) is 0 Å². The van der Waals surface area contributed by atoms with E-state index in [4.69, 9.17) is 10.2 Å². The van der Waals surface area contributed by atoms with E-state index in [1.54, 1.807) is 6.07 Å². The van der Waals surface area contributed by atoms with Gasteiger partial charge in [-0.05, 0) is 0 Å². The highest BCUT2D eigenvalue weighted by molar-refractivity contribution is 5.99. The summed E-state index contributed by atoms with van der Waals surface area (Å²) < 4.78 is 0. The van der Waals surface area contributed by atoms with Gasteiger partial charge in [0.05, 0.1) is 0 Å².